The van der Waals surface area contributed by atoms with Gasteiger partial charge in [-0.2, -0.15) is 0 Å². The third kappa shape index (κ3) is 2.46. The third-order valence-corrected chi connectivity index (χ3v) is 7.02. The van der Waals surface area contributed by atoms with E-state index in [0.717, 1.165) is 23.7 Å². The molecule has 124 valence electrons. The van der Waals surface area contributed by atoms with E-state index in [1.54, 1.807) is 18.1 Å². The molecule has 4 heteroatoms. The molecule has 0 aromatic carbocycles. The maximum absolute atomic E-state index is 6.33. The van der Waals surface area contributed by atoms with E-state index in [-0.39, 0.29) is 6.10 Å². The van der Waals surface area contributed by atoms with Crippen molar-refractivity contribution in [1.29, 1.82) is 0 Å². The van der Waals surface area contributed by atoms with Gasteiger partial charge < -0.3 is 4.74 Å². The zero-order chi connectivity index (χ0) is 16.1. The van der Waals surface area contributed by atoms with Crippen LogP contribution in [-0.2, 0) is 4.74 Å². The van der Waals surface area contributed by atoms with Crippen molar-refractivity contribution in [2.45, 2.75) is 46.1 Å². The van der Waals surface area contributed by atoms with Gasteiger partial charge in [0.1, 0.15) is 12.4 Å². The molecule has 2 saturated carbocycles. The van der Waals surface area contributed by atoms with E-state index >= 15 is 0 Å². The summed E-state index contributed by atoms with van der Waals surface area (Å²) < 4.78 is 8.14. The molecule has 23 heavy (non-hydrogen) atoms. The Bertz CT molecular complexity index is 623. The number of rotatable bonds is 1. The second kappa shape index (κ2) is 5.73. The van der Waals surface area contributed by atoms with Gasteiger partial charge in [0.15, 0.2) is 0 Å². The van der Waals surface area contributed by atoms with Gasteiger partial charge >= 0.3 is 0 Å². The largest absolute Gasteiger partial charge is 0.467 e. The summed E-state index contributed by atoms with van der Waals surface area (Å²) in [7, 11) is 0. The zero-order valence-electron chi connectivity index (χ0n) is 14.2. The van der Waals surface area contributed by atoms with Crippen molar-refractivity contribution < 1.29 is 4.74 Å². The fourth-order valence-corrected chi connectivity index (χ4v) is 5.95. The molecule has 1 heterocycles. The lowest BCUT2D eigenvalue weighted by Crippen LogP contribution is -2.50. The normalized spacial score (nSPS) is 42.0. The first kappa shape index (κ1) is 15.4. The van der Waals surface area contributed by atoms with E-state index in [1.807, 2.05) is 10.8 Å². The van der Waals surface area contributed by atoms with E-state index in [4.69, 9.17) is 17.0 Å². The molecule has 0 N–H and O–H groups in total. The van der Waals surface area contributed by atoms with Crippen LogP contribution in [0.15, 0.2) is 30.4 Å². The number of thiocarbonyl (C=S) groups is 1. The lowest BCUT2D eigenvalue weighted by Gasteiger charge is -2.50. The fraction of sp³-hybridized carbons (Fsp3) is 0.684. The van der Waals surface area contributed by atoms with Crippen molar-refractivity contribution in [3.8, 4) is 0 Å². The molecule has 0 amide bonds. The Balaban J connectivity index is 1.59. The molecule has 4 rings (SSSR count). The molecular formula is C19H26N2OS. The van der Waals surface area contributed by atoms with Crippen LogP contribution in [-0.4, -0.2) is 20.8 Å². The minimum Gasteiger partial charge on any atom is -0.467 e. The molecule has 0 radical (unpaired) electrons. The van der Waals surface area contributed by atoms with Crippen molar-refractivity contribution in [2.24, 2.45) is 35.5 Å². The van der Waals surface area contributed by atoms with Crippen LogP contribution in [0.4, 0.5) is 0 Å². The van der Waals surface area contributed by atoms with Gasteiger partial charge in [0.25, 0.3) is 5.17 Å². The maximum Gasteiger partial charge on any atom is 0.269 e. The number of aromatic nitrogens is 2. The Labute approximate surface area is 144 Å². The summed E-state index contributed by atoms with van der Waals surface area (Å²) in [6, 6.07) is 0. The van der Waals surface area contributed by atoms with Gasteiger partial charge in [0, 0.05) is 12.4 Å². The van der Waals surface area contributed by atoms with Gasteiger partial charge in [-0.05, 0) is 73.9 Å². The highest BCUT2D eigenvalue weighted by molar-refractivity contribution is 7.80. The summed E-state index contributed by atoms with van der Waals surface area (Å²) >= 11 is 5.51. The summed E-state index contributed by atoms with van der Waals surface area (Å²) in [4.78, 5) is 4.08. The minimum absolute atomic E-state index is 0.223. The van der Waals surface area contributed by atoms with Crippen molar-refractivity contribution in [3.63, 3.8) is 0 Å². The van der Waals surface area contributed by atoms with Crippen molar-refractivity contribution >= 4 is 17.4 Å². The van der Waals surface area contributed by atoms with Crippen LogP contribution < -0.4 is 0 Å². The van der Waals surface area contributed by atoms with E-state index in [1.165, 1.54) is 19.3 Å². The van der Waals surface area contributed by atoms with Crippen LogP contribution in [0.3, 0.4) is 0 Å². The van der Waals surface area contributed by atoms with Gasteiger partial charge in [-0.15, -0.1) is 0 Å². The molecule has 0 bridgehead atoms. The summed E-state index contributed by atoms with van der Waals surface area (Å²) in [5.41, 5.74) is 1.58. The third-order valence-electron chi connectivity index (χ3n) is 6.71. The predicted molar refractivity (Wildman–Crippen MR) is 95.0 cm³/mol. The Morgan fingerprint density at radius 1 is 1.26 bits per heavy atom. The van der Waals surface area contributed by atoms with Gasteiger partial charge in [-0.3, -0.25) is 4.57 Å². The summed E-state index contributed by atoms with van der Waals surface area (Å²) in [5.74, 6) is 4.35. The molecule has 0 spiro atoms. The van der Waals surface area contributed by atoms with Gasteiger partial charge in [-0.1, -0.05) is 25.5 Å². The predicted octanol–water partition coefficient (Wildman–Crippen LogP) is 4.30. The van der Waals surface area contributed by atoms with E-state index in [9.17, 15) is 0 Å². The molecule has 0 saturated heterocycles. The van der Waals surface area contributed by atoms with Crippen LogP contribution in [0.5, 0.6) is 0 Å². The highest BCUT2D eigenvalue weighted by Gasteiger charge is 2.53. The smallest absolute Gasteiger partial charge is 0.269 e. The topological polar surface area (TPSA) is 27.1 Å². The quantitative estimate of drug-likeness (QED) is 0.567. The minimum atomic E-state index is 0.223. The Morgan fingerprint density at radius 3 is 2.78 bits per heavy atom. The molecule has 7 atom stereocenters. The lowest BCUT2D eigenvalue weighted by molar-refractivity contribution is -0.0584. The van der Waals surface area contributed by atoms with Crippen LogP contribution >= 0.6 is 12.2 Å². The van der Waals surface area contributed by atoms with Crippen LogP contribution in [0.2, 0.25) is 0 Å². The summed E-state index contributed by atoms with van der Waals surface area (Å²) in [6.07, 6.45) is 12.1. The first-order chi connectivity index (χ1) is 11.1. The molecule has 2 unspecified atom stereocenters. The molecule has 3 nitrogen and oxygen atoms in total. The first-order valence-corrected chi connectivity index (χ1v) is 9.33. The molecule has 1 aromatic rings. The molecule has 0 aliphatic heterocycles. The Kier molecular flexibility index (Phi) is 3.83. The molecule has 1 aromatic heterocycles. The molecular weight excluding hydrogens is 304 g/mol. The number of hydrogen-bond acceptors (Lipinski definition) is 3. The van der Waals surface area contributed by atoms with Gasteiger partial charge in [0.05, 0.1) is 0 Å². The van der Waals surface area contributed by atoms with Crippen LogP contribution in [0.1, 0.15) is 40.0 Å². The molecule has 2 fully saturated rings. The van der Waals surface area contributed by atoms with Crippen LogP contribution in [0, 0.1) is 35.5 Å². The highest BCUT2D eigenvalue weighted by atomic mass is 32.1. The number of hydrogen-bond donors (Lipinski definition) is 0. The van der Waals surface area contributed by atoms with E-state index in [0.29, 0.717) is 17.0 Å². The average Bonchev–Trinajstić information content (AvgIpc) is 3.18. The summed E-state index contributed by atoms with van der Waals surface area (Å²) in [5, 5.41) is 0.544. The van der Waals surface area contributed by atoms with Gasteiger partial charge in [-0.25, -0.2) is 4.98 Å². The van der Waals surface area contributed by atoms with E-state index in [2.05, 4.69) is 31.8 Å². The SMILES string of the molecule is CC1=C[C@H]2CC[C@H]3C2[C@H](C1)[C@@H](C)C(OC(=S)n1ccnc1)[C@@H]3C. The number of allylic oxidation sites excluding steroid dienone is 2. The Hall–Kier alpha value is -1.16. The zero-order valence-corrected chi connectivity index (χ0v) is 15.0. The fourth-order valence-electron chi connectivity index (χ4n) is 5.73. The number of imidazole rings is 1. The first-order valence-electron chi connectivity index (χ1n) is 8.92. The van der Waals surface area contributed by atoms with Crippen molar-refractivity contribution in [1.82, 2.24) is 9.55 Å². The van der Waals surface area contributed by atoms with E-state index < -0.39 is 0 Å². The second-order valence-corrected chi connectivity index (χ2v) is 8.25. The average molecular weight is 330 g/mol. The van der Waals surface area contributed by atoms with Crippen molar-refractivity contribution in [2.75, 3.05) is 0 Å². The van der Waals surface area contributed by atoms with Crippen LogP contribution in [0.25, 0.3) is 0 Å². The standard InChI is InChI=1S/C19H26N2OS/c1-11-8-14-4-5-15-12(2)18(13(3)16(9-11)17(14)15)22-19(23)21-7-6-20-10-21/h6-8,10,12-18H,4-5,9H2,1-3H3/t12-,13-,14-,15-,16-,17?,18?/m1/s1. The monoisotopic (exact) mass is 330 g/mol. The molecule has 3 aliphatic carbocycles. The number of ether oxygens (including phenoxy) is 1. The lowest BCUT2D eigenvalue weighted by atomic mass is 9.57. The van der Waals surface area contributed by atoms with Crippen molar-refractivity contribution in [3.05, 3.63) is 30.4 Å². The maximum atomic E-state index is 6.33. The molecule has 3 aliphatic rings. The Morgan fingerprint density at radius 2 is 2.04 bits per heavy atom. The summed E-state index contributed by atoms with van der Waals surface area (Å²) in [6.45, 7) is 7.07. The number of nitrogens with zero attached hydrogens (tertiary/aromatic N) is 2. The highest BCUT2D eigenvalue weighted by Crippen LogP contribution is 2.57. The van der Waals surface area contributed by atoms with Gasteiger partial charge in [0.2, 0.25) is 0 Å². The second-order valence-electron chi connectivity index (χ2n) is 7.90.